The minimum Gasteiger partial charge on any atom is -0.481 e. The Morgan fingerprint density at radius 1 is 1.00 bits per heavy atom. The number of benzene rings is 3. The van der Waals surface area contributed by atoms with Crippen molar-refractivity contribution in [2.75, 3.05) is 50.1 Å². The third-order valence-corrected chi connectivity index (χ3v) is 7.38. The van der Waals surface area contributed by atoms with Crippen LogP contribution in [0.5, 0.6) is 0 Å². The summed E-state index contributed by atoms with van der Waals surface area (Å²) in [4.78, 5) is 15.4. The molecule has 194 valence electrons. The first-order chi connectivity index (χ1) is 17.7. The fourth-order valence-corrected chi connectivity index (χ4v) is 5.38. The number of hydrogen-bond acceptors (Lipinski definition) is 5. The molecule has 0 bridgehead atoms. The summed E-state index contributed by atoms with van der Waals surface area (Å²) in [5, 5.41) is 13.2. The molecule has 8 nitrogen and oxygen atoms in total. The largest absolute Gasteiger partial charge is 0.481 e. The molecular formula is C28H32N4O4S. The number of rotatable bonds is 7. The highest BCUT2D eigenvalue weighted by atomic mass is 32.2. The molecule has 0 aromatic heterocycles. The third-order valence-electron chi connectivity index (χ3n) is 6.47. The second-order valence-corrected chi connectivity index (χ2v) is 10.2. The van der Waals surface area contributed by atoms with Crippen molar-refractivity contribution in [3.8, 4) is 11.8 Å². The average Bonchev–Trinajstić information content (AvgIpc) is 2.87. The molecule has 37 heavy (non-hydrogen) atoms. The lowest BCUT2D eigenvalue weighted by atomic mass is 10.0. The smallest absolute Gasteiger partial charge is 0.305 e. The van der Waals surface area contributed by atoms with Crippen LogP contribution in [0.25, 0.3) is 10.8 Å². The fourth-order valence-electron chi connectivity index (χ4n) is 4.64. The van der Waals surface area contributed by atoms with E-state index < -0.39 is 23.3 Å². The number of anilines is 2. The lowest BCUT2D eigenvalue weighted by Crippen LogP contribution is -2.57. The molecule has 0 aliphatic carbocycles. The van der Waals surface area contributed by atoms with E-state index in [0.29, 0.717) is 26.2 Å². The van der Waals surface area contributed by atoms with Crippen molar-refractivity contribution in [1.29, 1.82) is 0 Å². The van der Waals surface area contributed by atoms with Crippen LogP contribution in [-0.4, -0.2) is 75.6 Å². The molecule has 4 rings (SSSR count). The third kappa shape index (κ3) is 6.48. The van der Waals surface area contributed by atoms with E-state index in [2.05, 4.69) is 52.0 Å². The van der Waals surface area contributed by atoms with Crippen LogP contribution in [0, 0.1) is 11.8 Å². The number of piperazine rings is 1. The molecule has 1 heterocycles. The highest BCUT2D eigenvalue weighted by molar-refractivity contribution is 7.76. The molecule has 0 amide bonds. The summed E-state index contributed by atoms with van der Waals surface area (Å²) >= 11 is -2.28. The maximum absolute atomic E-state index is 11.9. The second kappa shape index (κ2) is 11.8. The predicted octanol–water partition coefficient (Wildman–Crippen LogP) is 3.64. The van der Waals surface area contributed by atoms with Crippen molar-refractivity contribution in [1.82, 2.24) is 9.42 Å². The minimum absolute atomic E-state index is 0.203. The topological polar surface area (TPSA) is 87.6 Å². The Hall–Kier alpha value is -3.42. The van der Waals surface area contributed by atoms with E-state index in [0.717, 1.165) is 22.5 Å². The first-order valence-electron chi connectivity index (χ1n) is 12.2. The van der Waals surface area contributed by atoms with Gasteiger partial charge in [0.05, 0.1) is 6.42 Å². The summed E-state index contributed by atoms with van der Waals surface area (Å²) in [5.74, 6) is 5.55. The van der Waals surface area contributed by atoms with Crippen LogP contribution < -0.4 is 9.80 Å². The van der Waals surface area contributed by atoms with Gasteiger partial charge in [-0.3, -0.25) is 9.35 Å². The van der Waals surface area contributed by atoms with Gasteiger partial charge in [0.1, 0.15) is 0 Å². The molecule has 0 spiro atoms. The van der Waals surface area contributed by atoms with Crippen molar-refractivity contribution in [3.63, 3.8) is 0 Å². The Bertz CT molecular complexity index is 1340. The van der Waals surface area contributed by atoms with Gasteiger partial charge in [-0.25, -0.2) is 9.22 Å². The maximum Gasteiger partial charge on any atom is 0.305 e. The number of carboxylic acids is 1. The van der Waals surface area contributed by atoms with Crippen molar-refractivity contribution >= 4 is 39.4 Å². The van der Waals surface area contributed by atoms with Gasteiger partial charge >= 0.3 is 5.97 Å². The molecule has 1 aliphatic rings. The standard InChI is InChI=1S/C28H32N4O4S/c1-21(19-28(33)34)32(37(35)36)31-17-15-30(16-18-31)25-13-10-22(11-14-25)7-8-23-9-12-24-5-4-6-27(29(2)3)26(24)20-23/h4-6,9-14,20-21H,15-19H2,1-3H3,(H,33,34)(H,35,36). The SMILES string of the molecule is CC(CC(=O)O)N(N1CCN(c2ccc(C#Cc3ccc4cccc(N(C)C)c4c3)cc2)CC1)S(=O)O. The lowest BCUT2D eigenvalue weighted by molar-refractivity contribution is -0.139. The Morgan fingerprint density at radius 2 is 1.65 bits per heavy atom. The minimum atomic E-state index is -2.28. The maximum atomic E-state index is 11.9. The van der Waals surface area contributed by atoms with Gasteiger partial charge in [0.2, 0.25) is 11.3 Å². The van der Waals surface area contributed by atoms with Crippen LogP contribution in [0.2, 0.25) is 0 Å². The number of hydrazine groups is 1. The zero-order valence-electron chi connectivity index (χ0n) is 21.3. The predicted molar refractivity (Wildman–Crippen MR) is 149 cm³/mol. The van der Waals surface area contributed by atoms with E-state index >= 15 is 0 Å². The first-order valence-corrected chi connectivity index (χ1v) is 13.2. The van der Waals surface area contributed by atoms with Gasteiger partial charge in [0.15, 0.2) is 0 Å². The summed E-state index contributed by atoms with van der Waals surface area (Å²) in [5.41, 5.74) is 4.11. The molecule has 1 aliphatic heterocycles. The van der Waals surface area contributed by atoms with Crippen LogP contribution in [0.4, 0.5) is 11.4 Å². The van der Waals surface area contributed by atoms with Gasteiger partial charge in [-0.15, -0.1) is 4.41 Å². The Morgan fingerprint density at radius 3 is 2.27 bits per heavy atom. The molecular weight excluding hydrogens is 488 g/mol. The van der Waals surface area contributed by atoms with Gasteiger partial charge < -0.3 is 14.9 Å². The Balaban J connectivity index is 1.41. The molecule has 9 heteroatoms. The number of aliphatic carboxylic acids is 1. The lowest BCUT2D eigenvalue weighted by Gasteiger charge is -2.41. The Labute approximate surface area is 220 Å². The van der Waals surface area contributed by atoms with E-state index in [9.17, 15) is 13.6 Å². The van der Waals surface area contributed by atoms with Crippen LogP contribution in [0.3, 0.4) is 0 Å². The summed E-state index contributed by atoms with van der Waals surface area (Å²) in [6, 6.07) is 20.1. The van der Waals surface area contributed by atoms with Gasteiger partial charge in [-0.2, -0.15) is 0 Å². The molecule has 2 N–H and O–H groups in total. The number of carbonyl (C=O) groups is 1. The fraction of sp³-hybridized carbons (Fsp3) is 0.321. The zero-order valence-corrected chi connectivity index (χ0v) is 22.1. The molecule has 2 unspecified atom stereocenters. The number of nitrogens with zero attached hydrogens (tertiary/aromatic N) is 4. The van der Waals surface area contributed by atoms with Crippen molar-refractivity contribution in [3.05, 3.63) is 71.8 Å². The van der Waals surface area contributed by atoms with Crippen molar-refractivity contribution in [2.24, 2.45) is 0 Å². The quantitative estimate of drug-likeness (QED) is 0.363. The summed E-state index contributed by atoms with van der Waals surface area (Å²) in [6.45, 7) is 4.00. The highest BCUT2D eigenvalue weighted by Gasteiger charge is 2.30. The molecule has 0 saturated carbocycles. The van der Waals surface area contributed by atoms with E-state index in [1.807, 2.05) is 44.4 Å². The van der Waals surface area contributed by atoms with Gasteiger partial charge in [0, 0.05) is 74.2 Å². The van der Waals surface area contributed by atoms with E-state index in [1.165, 1.54) is 15.2 Å². The molecule has 3 aromatic carbocycles. The molecule has 0 radical (unpaired) electrons. The van der Waals surface area contributed by atoms with Crippen molar-refractivity contribution in [2.45, 2.75) is 19.4 Å². The zero-order chi connectivity index (χ0) is 26.5. The van der Waals surface area contributed by atoms with E-state index in [-0.39, 0.29) is 6.42 Å². The van der Waals surface area contributed by atoms with Crippen LogP contribution in [0.15, 0.2) is 60.7 Å². The Kier molecular flexibility index (Phi) is 8.46. The molecule has 3 aromatic rings. The van der Waals surface area contributed by atoms with Crippen LogP contribution >= 0.6 is 0 Å². The molecule has 1 fully saturated rings. The molecule has 1 saturated heterocycles. The summed E-state index contributed by atoms with van der Waals surface area (Å²) in [6.07, 6.45) is -0.203. The van der Waals surface area contributed by atoms with Gasteiger partial charge in [-0.05, 0) is 54.8 Å². The van der Waals surface area contributed by atoms with Gasteiger partial charge in [-0.1, -0.05) is 30.0 Å². The number of hydrogen-bond donors (Lipinski definition) is 2. The summed E-state index contributed by atoms with van der Waals surface area (Å²) in [7, 11) is 4.08. The number of fused-ring (bicyclic) bond motifs is 1. The van der Waals surface area contributed by atoms with Crippen molar-refractivity contribution < 1.29 is 18.7 Å². The van der Waals surface area contributed by atoms with Crippen LogP contribution in [0.1, 0.15) is 24.5 Å². The number of carboxylic acid groups (broad SMARTS) is 1. The monoisotopic (exact) mass is 520 g/mol. The van der Waals surface area contributed by atoms with Crippen LogP contribution in [-0.2, 0) is 16.1 Å². The first kappa shape index (κ1) is 26.6. The van der Waals surface area contributed by atoms with E-state index in [1.54, 1.807) is 11.9 Å². The highest BCUT2D eigenvalue weighted by Crippen LogP contribution is 2.26. The summed E-state index contributed by atoms with van der Waals surface area (Å²) < 4.78 is 22.8. The second-order valence-electron chi connectivity index (χ2n) is 9.33. The molecule has 2 atom stereocenters. The van der Waals surface area contributed by atoms with E-state index in [4.69, 9.17) is 5.11 Å². The average molecular weight is 521 g/mol. The van der Waals surface area contributed by atoms with Gasteiger partial charge in [0.25, 0.3) is 0 Å². The normalized spacial score (nSPS) is 15.8.